The molecule has 4 aliphatic heterocycles. The number of nitrogens with zero attached hydrogens (tertiary/aromatic N) is 1. The fourth-order valence-corrected chi connectivity index (χ4v) is 5.87. The molecule has 6 rings (SSSR count). The summed E-state index contributed by atoms with van der Waals surface area (Å²) in [5, 5.41) is 0.786. The molecule has 0 amide bonds. The molecule has 104 valence electrons. The zero-order valence-electron chi connectivity index (χ0n) is 11.7. The molecule has 2 heteroatoms. The van der Waals surface area contributed by atoms with Gasteiger partial charge in [0.15, 0.2) is 0 Å². The third-order valence-corrected chi connectivity index (χ3v) is 6.97. The van der Waals surface area contributed by atoms with E-state index in [0.29, 0.717) is 0 Å². The fourth-order valence-electron chi connectivity index (χ4n) is 4.44. The smallest absolute Gasteiger partial charge is 0.0383 e. The van der Waals surface area contributed by atoms with Gasteiger partial charge in [-0.25, -0.2) is 0 Å². The van der Waals surface area contributed by atoms with Crippen LogP contribution in [0.1, 0.15) is 32.1 Å². The van der Waals surface area contributed by atoms with Crippen LogP contribution >= 0.6 is 11.8 Å². The molecule has 2 aliphatic carbocycles. The van der Waals surface area contributed by atoms with E-state index in [1.54, 1.807) is 0 Å². The molecule has 4 heterocycles. The van der Waals surface area contributed by atoms with Gasteiger partial charge in [0.05, 0.1) is 0 Å². The minimum absolute atomic E-state index is 0.786. The Bertz CT molecular complexity index is 389. The molecule has 0 spiro atoms. The molecule has 19 heavy (non-hydrogen) atoms. The highest BCUT2D eigenvalue weighted by atomic mass is 32.2. The van der Waals surface area contributed by atoms with E-state index in [4.69, 9.17) is 0 Å². The summed E-state index contributed by atoms with van der Waals surface area (Å²) >= 11 is 2.21. The molecule has 2 fully saturated rings. The second-order valence-corrected chi connectivity index (χ2v) is 8.13. The van der Waals surface area contributed by atoms with Crippen LogP contribution in [0.2, 0.25) is 0 Å². The molecule has 0 aromatic carbocycles. The predicted molar refractivity (Wildman–Crippen MR) is 83.4 cm³/mol. The van der Waals surface area contributed by atoms with Crippen molar-refractivity contribution in [3.8, 4) is 0 Å². The van der Waals surface area contributed by atoms with E-state index in [2.05, 4.69) is 41.0 Å². The third-order valence-electron chi connectivity index (χ3n) is 5.49. The van der Waals surface area contributed by atoms with Gasteiger partial charge < -0.3 is 0 Å². The number of thioether (sulfide) groups is 1. The summed E-state index contributed by atoms with van der Waals surface area (Å²) in [7, 11) is 0. The quantitative estimate of drug-likeness (QED) is 0.671. The number of rotatable bonds is 1. The van der Waals surface area contributed by atoms with Gasteiger partial charge in [0.2, 0.25) is 0 Å². The second kappa shape index (κ2) is 5.29. The molecule has 2 saturated heterocycles. The first kappa shape index (κ1) is 12.5. The molecule has 0 aromatic heterocycles. The monoisotopic (exact) mass is 275 g/mol. The Morgan fingerprint density at radius 3 is 2.79 bits per heavy atom. The van der Waals surface area contributed by atoms with E-state index in [9.17, 15) is 0 Å². The van der Waals surface area contributed by atoms with Crippen molar-refractivity contribution in [1.29, 1.82) is 0 Å². The Morgan fingerprint density at radius 1 is 1.00 bits per heavy atom. The first-order valence-electron chi connectivity index (χ1n) is 8.09. The van der Waals surface area contributed by atoms with Gasteiger partial charge in [0.1, 0.15) is 0 Å². The van der Waals surface area contributed by atoms with Crippen LogP contribution in [0.15, 0.2) is 24.3 Å². The van der Waals surface area contributed by atoms with E-state index >= 15 is 0 Å². The maximum atomic E-state index is 2.88. The van der Waals surface area contributed by atoms with E-state index < -0.39 is 0 Å². The van der Waals surface area contributed by atoms with E-state index in [1.807, 2.05) is 0 Å². The lowest BCUT2D eigenvalue weighted by Gasteiger charge is -2.47. The van der Waals surface area contributed by atoms with Crippen LogP contribution in [-0.4, -0.2) is 35.0 Å². The van der Waals surface area contributed by atoms with E-state index in [1.165, 1.54) is 50.9 Å². The number of hydrogen-bond acceptors (Lipinski definition) is 2. The molecule has 5 unspecified atom stereocenters. The van der Waals surface area contributed by atoms with Gasteiger partial charge in [0, 0.05) is 30.1 Å². The molecular formula is C17H25NS. The second-order valence-electron chi connectivity index (χ2n) is 6.92. The lowest BCUT2D eigenvalue weighted by molar-refractivity contribution is 0.112. The van der Waals surface area contributed by atoms with Crippen molar-refractivity contribution in [2.24, 2.45) is 17.8 Å². The molecule has 0 radical (unpaired) electrons. The topological polar surface area (TPSA) is 3.24 Å². The lowest BCUT2D eigenvalue weighted by Crippen LogP contribution is -2.51. The van der Waals surface area contributed by atoms with Crippen LogP contribution in [-0.2, 0) is 0 Å². The number of allylic oxidation sites excluding steroid dienone is 2. The van der Waals surface area contributed by atoms with Gasteiger partial charge in [-0.05, 0) is 43.4 Å². The van der Waals surface area contributed by atoms with Crippen LogP contribution in [0.25, 0.3) is 0 Å². The molecule has 4 bridgehead atoms. The average molecular weight is 275 g/mol. The van der Waals surface area contributed by atoms with Crippen LogP contribution in [0, 0.1) is 17.8 Å². The highest BCUT2D eigenvalue weighted by Gasteiger charge is 2.38. The summed E-state index contributed by atoms with van der Waals surface area (Å²) in [5.74, 6) is 3.99. The highest BCUT2D eigenvalue weighted by molar-refractivity contribution is 8.00. The van der Waals surface area contributed by atoms with Crippen molar-refractivity contribution in [3.05, 3.63) is 24.3 Å². The maximum absolute atomic E-state index is 2.88. The summed E-state index contributed by atoms with van der Waals surface area (Å²) in [6, 6.07) is 0.836. The van der Waals surface area contributed by atoms with Crippen molar-refractivity contribution in [3.63, 3.8) is 0 Å². The number of fused-ring (bicyclic) bond motifs is 8. The van der Waals surface area contributed by atoms with Crippen molar-refractivity contribution in [2.45, 2.75) is 43.4 Å². The minimum Gasteiger partial charge on any atom is -0.298 e. The van der Waals surface area contributed by atoms with Crippen LogP contribution in [0.3, 0.4) is 0 Å². The van der Waals surface area contributed by atoms with Gasteiger partial charge >= 0.3 is 0 Å². The molecular weight excluding hydrogens is 250 g/mol. The Kier molecular flexibility index (Phi) is 3.49. The van der Waals surface area contributed by atoms with Crippen molar-refractivity contribution < 1.29 is 0 Å². The average Bonchev–Trinajstić information content (AvgIpc) is 2.37. The summed E-state index contributed by atoms with van der Waals surface area (Å²) in [6.45, 7) is 2.69. The zero-order valence-corrected chi connectivity index (χ0v) is 12.5. The largest absolute Gasteiger partial charge is 0.298 e. The lowest BCUT2D eigenvalue weighted by atomic mass is 9.84. The van der Waals surface area contributed by atoms with Gasteiger partial charge in [-0.2, -0.15) is 11.8 Å². The van der Waals surface area contributed by atoms with Gasteiger partial charge in [0.25, 0.3) is 0 Å². The molecule has 0 saturated carbocycles. The van der Waals surface area contributed by atoms with Crippen LogP contribution in [0.5, 0.6) is 0 Å². The molecule has 6 aliphatic rings. The van der Waals surface area contributed by atoms with Crippen molar-refractivity contribution >= 4 is 11.8 Å². The summed E-state index contributed by atoms with van der Waals surface area (Å²) in [5.41, 5.74) is 0. The Morgan fingerprint density at radius 2 is 2.00 bits per heavy atom. The summed E-state index contributed by atoms with van der Waals surface area (Å²) in [6.07, 6.45) is 17.1. The van der Waals surface area contributed by atoms with Crippen LogP contribution < -0.4 is 0 Å². The maximum Gasteiger partial charge on any atom is 0.0383 e. The Balaban J connectivity index is 1.54. The molecule has 5 atom stereocenters. The summed E-state index contributed by atoms with van der Waals surface area (Å²) < 4.78 is 0. The first-order valence-corrected chi connectivity index (χ1v) is 9.14. The fraction of sp³-hybridized carbons (Fsp3) is 0.765. The predicted octanol–water partition coefficient (Wildman–Crippen LogP) is 3.72. The SMILES string of the molecule is C1=CC2SCC1CC2N1CC2/C=C\CC(CCC2)C1. The van der Waals surface area contributed by atoms with E-state index in [0.717, 1.165) is 29.0 Å². The highest BCUT2D eigenvalue weighted by Crippen LogP contribution is 2.40. The molecule has 0 N–H and O–H groups in total. The zero-order chi connectivity index (χ0) is 12.7. The van der Waals surface area contributed by atoms with Gasteiger partial charge in [-0.15, -0.1) is 0 Å². The first-order chi connectivity index (χ1) is 9.38. The molecule has 0 aromatic rings. The van der Waals surface area contributed by atoms with Crippen molar-refractivity contribution in [1.82, 2.24) is 4.90 Å². The standard InChI is InChI=1S/C17H25NS/c1-3-13-5-2-6-14(4-1)11-18(10-13)16-9-15-7-8-17(16)19-12-15/h1,3,7-8,13-17H,2,4-6,9-12H2/b3-1-. The Labute approximate surface area is 121 Å². The van der Waals surface area contributed by atoms with E-state index in [-0.39, 0.29) is 0 Å². The Hall–Kier alpha value is -0.210. The van der Waals surface area contributed by atoms with Gasteiger partial charge in [-0.1, -0.05) is 30.7 Å². The summed E-state index contributed by atoms with van der Waals surface area (Å²) in [4.78, 5) is 2.88. The third kappa shape index (κ3) is 2.54. The number of hydrogen-bond donors (Lipinski definition) is 0. The normalized spacial score (nSPS) is 47.7. The van der Waals surface area contributed by atoms with Gasteiger partial charge in [-0.3, -0.25) is 4.90 Å². The van der Waals surface area contributed by atoms with Crippen LogP contribution in [0.4, 0.5) is 0 Å². The molecule has 1 nitrogen and oxygen atoms in total. The minimum atomic E-state index is 0.786. The van der Waals surface area contributed by atoms with Crippen molar-refractivity contribution in [2.75, 3.05) is 18.8 Å².